The summed E-state index contributed by atoms with van der Waals surface area (Å²) in [5.74, 6) is 0.619. The fourth-order valence-corrected chi connectivity index (χ4v) is 4.97. The molecule has 12 nitrogen and oxygen atoms in total. The highest BCUT2D eigenvalue weighted by atomic mass is 19.1. The van der Waals surface area contributed by atoms with E-state index in [0.717, 1.165) is 5.56 Å². The first-order valence-electron chi connectivity index (χ1n) is 15.1. The van der Waals surface area contributed by atoms with Gasteiger partial charge in [0.15, 0.2) is 29.2 Å². The second-order valence-electron chi connectivity index (χ2n) is 10.5. The van der Waals surface area contributed by atoms with Gasteiger partial charge in [0, 0.05) is 16.8 Å². The fraction of sp³-hybridized carbons (Fsp3) is 0.286. The van der Waals surface area contributed by atoms with E-state index in [9.17, 15) is 19.1 Å². The summed E-state index contributed by atoms with van der Waals surface area (Å²) >= 11 is 0. The van der Waals surface area contributed by atoms with Crippen molar-refractivity contribution in [2.45, 2.75) is 39.1 Å². The lowest BCUT2D eigenvalue weighted by molar-refractivity contribution is -0.136. The number of aliphatic hydroxyl groups is 1. The summed E-state index contributed by atoms with van der Waals surface area (Å²) in [7, 11) is 2.77. The van der Waals surface area contributed by atoms with Gasteiger partial charge in [-0.25, -0.2) is 14.0 Å². The molecular formula is C35H39FN4O8. The minimum Gasteiger partial charge on any atom is -0.493 e. The Hall–Kier alpha value is -5.56. The summed E-state index contributed by atoms with van der Waals surface area (Å²) in [5, 5.41) is 20.0. The van der Waals surface area contributed by atoms with E-state index in [4.69, 9.17) is 23.7 Å². The summed E-state index contributed by atoms with van der Waals surface area (Å²) in [6, 6.07) is 13.6. The molecule has 4 N–H and O–H groups in total. The van der Waals surface area contributed by atoms with E-state index >= 15 is 0 Å². The third-order valence-corrected chi connectivity index (χ3v) is 7.18. The van der Waals surface area contributed by atoms with Gasteiger partial charge in [-0.05, 0) is 61.7 Å². The number of hydrogen-bond acceptors (Lipinski definition) is 10. The first-order valence-corrected chi connectivity index (χ1v) is 15.1. The monoisotopic (exact) mass is 662 g/mol. The van der Waals surface area contributed by atoms with Crippen LogP contribution in [0.25, 0.3) is 0 Å². The maximum Gasteiger partial charge on any atom is 0.337 e. The Morgan fingerprint density at radius 3 is 2.58 bits per heavy atom. The van der Waals surface area contributed by atoms with Crippen molar-refractivity contribution < 1.29 is 42.8 Å². The number of esters is 1. The molecule has 4 rings (SSSR count). The molecule has 3 aromatic carbocycles. The highest BCUT2D eigenvalue weighted by Crippen LogP contribution is 2.36. The van der Waals surface area contributed by atoms with Gasteiger partial charge in [-0.3, -0.25) is 5.43 Å². The van der Waals surface area contributed by atoms with Crippen LogP contribution in [0.1, 0.15) is 42.1 Å². The van der Waals surface area contributed by atoms with Crippen LogP contribution in [0.2, 0.25) is 0 Å². The van der Waals surface area contributed by atoms with Crippen molar-refractivity contribution in [2.75, 3.05) is 27.4 Å². The number of ether oxygens (including phenoxy) is 5. The molecule has 0 fully saturated rings. The Balaban J connectivity index is 1.43. The zero-order chi connectivity index (χ0) is 34.6. The van der Waals surface area contributed by atoms with Crippen LogP contribution in [0.15, 0.2) is 83.6 Å². The molecule has 0 bridgehead atoms. The molecule has 1 aliphatic rings. The van der Waals surface area contributed by atoms with Crippen LogP contribution in [0.3, 0.4) is 0 Å². The Bertz CT molecular complexity index is 1690. The van der Waals surface area contributed by atoms with E-state index in [-0.39, 0.29) is 24.6 Å². The minimum absolute atomic E-state index is 0.0158. The van der Waals surface area contributed by atoms with Crippen molar-refractivity contribution in [3.8, 4) is 23.0 Å². The summed E-state index contributed by atoms with van der Waals surface area (Å²) < 4.78 is 42.2. The van der Waals surface area contributed by atoms with Crippen LogP contribution >= 0.6 is 0 Å². The van der Waals surface area contributed by atoms with Crippen molar-refractivity contribution >= 4 is 18.2 Å². The molecule has 0 unspecified atom stereocenters. The number of hydrogen-bond donors (Lipinski definition) is 4. The number of aliphatic hydroxyl groups excluding tert-OH is 1. The van der Waals surface area contributed by atoms with E-state index in [1.807, 2.05) is 6.07 Å². The summed E-state index contributed by atoms with van der Waals surface area (Å²) in [4.78, 5) is 24.7. The van der Waals surface area contributed by atoms with Crippen LogP contribution in [0.4, 0.5) is 9.18 Å². The molecule has 13 heteroatoms. The molecule has 1 heterocycles. The summed E-state index contributed by atoms with van der Waals surface area (Å²) in [6.45, 7) is 7.37. The molecule has 48 heavy (non-hydrogen) atoms. The highest BCUT2D eigenvalue weighted by Gasteiger charge is 2.32. The van der Waals surface area contributed by atoms with Crippen molar-refractivity contribution in [1.82, 2.24) is 16.1 Å². The minimum atomic E-state index is -1.20. The largest absolute Gasteiger partial charge is 0.493 e. The molecule has 0 radical (unpaired) electrons. The van der Waals surface area contributed by atoms with E-state index in [1.54, 1.807) is 62.4 Å². The lowest BCUT2D eigenvalue weighted by Gasteiger charge is -2.28. The Morgan fingerprint density at radius 1 is 1.08 bits per heavy atom. The Morgan fingerprint density at radius 2 is 1.88 bits per heavy atom. The second-order valence-corrected chi connectivity index (χ2v) is 10.5. The number of methoxy groups -OCH3 is 2. The van der Waals surface area contributed by atoms with Gasteiger partial charge in [-0.15, -0.1) is 6.58 Å². The van der Waals surface area contributed by atoms with Gasteiger partial charge in [0.05, 0.1) is 38.7 Å². The van der Waals surface area contributed by atoms with Gasteiger partial charge in [0.1, 0.15) is 19.0 Å². The number of hydrazone groups is 1. The standard InChI is InChI=1S/C35H39FN4O8/c1-6-10-24-15-22(16-29(44-4)33(24)48-19-25-11-8-9-12-26(25)36)18-37-40-30(41)20-47-27-14-13-23(17-28(27)46-7-2)32-31(34(42)45-5)21(3)38-35(43)39-32/h6,8-9,11-18,30,32,40-41H,1,7,10,19-20H2,2-5H3,(H2,38,39,43)/b37-18-/t30-,32-/m0/s1. The predicted octanol–water partition coefficient (Wildman–Crippen LogP) is 4.66. The third-order valence-electron chi connectivity index (χ3n) is 7.18. The van der Waals surface area contributed by atoms with Crippen LogP contribution in [-0.4, -0.2) is 57.0 Å². The molecule has 1 aliphatic heterocycles. The first kappa shape index (κ1) is 35.3. The van der Waals surface area contributed by atoms with Crippen LogP contribution in [0, 0.1) is 5.82 Å². The Kier molecular flexibility index (Phi) is 12.4. The van der Waals surface area contributed by atoms with E-state index in [1.165, 1.54) is 26.5 Å². The van der Waals surface area contributed by atoms with Crippen LogP contribution in [-0.2, 0) is 22.6 Å². The van der Waals surface area contributed by atoms with Crippen molar-refractivity contribution in [3.63, 3.8) is 0 Å². The third kappa shape index (κ3) is 8.82. The number of carbonyl (C=O) groups is 2. The van der Waals surface area contributed by atoms with Crippen LogP contribution < -0.4 is 35.0 Å². The molecule has 0 spiro atoms. The van der Waals surface area contributed by atoms with Gasteiger partial charge in [-0.1, -0.05) is 30.3 Å². The van der Waals surface area contributed by atoms with Gasteiger partial charge in [0.25, 0.3) is 0 Å². The number of urea groups is 1. The van der Waals surface area contributed by atoms with Gasteiger partial charge >= 0.3 is 12.0 Å². The van der Waals surface area contributed by atoms with Crippen molar-refractivity contribution in [3.05, 3.63) is 107 Å². The number of benzene rings is 3. The lowest BCUT2D eigenvalue weighted by Crippen LogP contribution is -2.45. The molecular weight excluding hydrogens is 623 g/mol. The molecule has 2 atom stereocenters. The zero-order valence-corrected chi connectivity index (χ0v) is 27.2. The van der Waals surface area contributed by atoms with Crippen molar-refractivity contribution in [1.29, 1.82) is 0 Å². The molecule has 0 aliphatic carbocycles. The smallest absolute Gasteiger partial charge is 0.337 e. The number of halogens is 1. The Labute approximate surface area is 278 Å². The number of nitrogens with one attached hydrogen (secondary N) is 3. The highest BCUT2D eigenvalue weighted by molar-refractivity contribution is 5.95. The number of rotatable bonds is 16. The zero-order valence-electron chi connectivity index (χ0n) is 27.2. The van der Waals surface area contributed by atoms with Crippen LogP contribution in [0.5, 0.6) is 23.0 Å². The summed E-state index contributed by atoms with van der Waals surface area (Å²) in [5.41, 5.74) is 5.64. The maximum atomic E-state index is 14.1. The first-order chi connectivity index (χ1) is 23.2. The molecule has 0 aromatic heterocycles. The predicted molar refractivity (Wildman–Crippen MR) is 177 cm³/mol. The number of allylic oxidation sites excluding steroid dienone is 2. The van der Waals surface area contributed by atoms with E-state index in [2.05, 4.69) is 27.7 Å². The maximum absolute atomic E-state index is 14.1. The number of amides is 2. The quantitative estimate of drug-likeness (QED) is 0.0565. The summed E-state index contributed by atoms with van der Waals surface area (Å²) in [6.07, 6.45) is 2.47. The lowest BCUT2D eigenvalue weighted by atomic mass is 9.95. The molecule has 2 amide bonds. The fourth-order valence-electron chi connectivity index (χ4n) is 4.97. The number of carbonyl (C=O) groups excluding carboxylic acids is 2. The SMILES string of the molecule is C=CCc1cc(/C=N\N[C@@H](O)COc2ccc([C@@H]3NC(=O)NC(C)=C3C(=O)OC)cc2OCC)cc(OC)c1OCc1ccccc1F. The molecule has 0 saturated heterocycles. The van der Waals surface area contributed by atoms with Gasteiger partial charge in [0.2, 0.25) is 0 Å². The number of nitrogens with zero attached hydrogens (tertiary/aromatic N) is 1. The second kappa shape index (κ2) is 16.8. The van der Waals surface area contributed by atoms with Gasteiger partial charge in [-0.2, -0.15) is 5.10 Å². The van der Waals surface area contributed by atoms with Crippen molar-refractivity contribution in [2.24, 2.45) is 5.10 Å². The average Bonchev–Trinajstić information content (AvgIpc) is 3.07. The van der Waals surface area contributed by atoms with E-state index < -0.39 is 24.3 Å². The normalized spacial score (nSPS) is 14.9. The molecule has 0 saturated carbocycles. The van der Waals surface area contributed by atoms with E-state index in [0.29, 0.717) is 58.4 Å². The van der Waals surface area contributed by atoms with Gasteiger partial charge < -0.3 is 39.4 Å². The topological polar surface area (TPSA) is 149 Å². The molecule has 254 valence electrons. The average molecular weight is 663 g/mol. The molecule has 3 aromatic rings.